The zero-order valence-corrected chi connectivity index (χ0v) is 9.61. The average Bonchev–Trinajstić information content (AvgIpc) is 2.24. The topological polar surface area (TPSA) is 52.0 Å². The molecule has 1 aromatic carbocycles. The van der Waals surface area contributed by atoms with Gasteiger partial charge in [0.25, 0.3) is 0 Å². The molecule has 0 unspecified atom stereocenters. The molecule has 0 aliphatic heterocycles. The number of halogens is 3. The molecule has 0 aliphatic rings. The molecule has 0 aliphatic carbocycles. The van der Waals surface area contributed by atoms with Gasteiger partial charge < -0.3 is 11.5 Å². The van der Waals surface area contributed by atoms with E-state index in [1.807, 2.05) is 0 Å². The highest BCUT2D eigenvalue weighted by Crippen LogP contribution is 2.29. The van der Waals surface area contributed by atoms with E-state index in [1.165, 1.54) is 0 Å². The van der Waals surface area contributed by atoms with Crippen LogP contribution in [-0.2, 0) is 0 Å². The molecule has 0 radical (unpaired) electrons. The van der Waals surface area contributed by atoms with Crippen LogP contribution in [0.3, 0.4) is 0 Å². The summed E-state index contributed by atoms with van der Waals surface area (Å²) in [4.78, 5) is 0. The van der Waals surface area contributed by atoms with E-state index < -0.39 is 17.7 Å². The van der Waals surface area contributed by atoms with E-state index in [2.05, 4.69) is 0 Å². The van der Waals surface area contributed by atoms with Gasteiger partial charge in [-0.3, -0.25) is 0 Å². The lowest BCUT2D eigenvalue weighted by Gasteiger charge is -2.14. The molecule has 1 aromatic rings. The molecule has 0 aromatic heterocycles. The second-order valence-corrected chi connectivity index (χ2v) is 4.03. The Kier molecular flexibility index (Phi) is 5.12. The molecule has 0 amide bonds. The van der Waals surface area contributed by atoms with Crippen LogP contribution in [0.5, 0.6) is 0 Å². The van der Waals surface area contributed by atoms with Crippen LogP contribution < -0.4 is 11.5 Å². The largest absolute Gasteiger partial charge is 0.330 e. The van der Waals surface area contributed by atoms with E-state index in [1.54, 1.807) is 0 Å². The summed E-state index contributed by atoms with van der Waals surface area (Å²) in [6.07, 6.45) is 2.11. The minimum absolute atomic E-state index is 0.0543. The zero-order valence-electron chi connectivity index (χ0n) is 8.85. The van der Waals surface area contributed by atoms with Crippen molar-refractivity contribution in [2.24, 2.45) is 11.5 Å². The Bertz CT molecular complexity index is 358. The van der Waals surface area contributed by atoms with Crippen LogP contribution in [0.15, 0.2) is 12.1 Å². The Labute approximate surface area is 98.6 Å². The number of nitrogens with two attached hydrogens (primary N) is 2. The molecule has 16 heavy (non-hydrogen) atoms. The van der Waals surface area contributed by atoms with Gasteiger partial charge in [0, 0.05) is 11.6 Å². The van der Waals surface area contributed by atoms with Crippen molar-refractivity contribution < 1.29 is 8.78 Å². The highest BCUT2D eigenvalue weighted by Gasteiger charge is 2.17. The van der Waals surface area contributed by atoms with Gasteiger partial charge in [-0.05, 0) is 31.5 Å². The molecule has 0 spiro atoms. The third-order valence-corrected chi connectivity index (χ3v) is 2.80. The summed E-state index contributed by atoms with van der Waals surface area (Å²) in [6.45, 7) is 0.562. The van der Waals surface area contributed by atoms with E-state index in [9.17, 15) is 8.78 Å². The molecule has 5 heteroatoms. The lowest BCUT2D eigenvalue weighted by Crippen LogP contribution is -2.14. The molecule has 0 bridgehead atoms. The normalized spacial score (nSPS) is 12.8. The smallest absolute Gasteiger partial charge is 0.142 e. The van der Waals surface area contributed by atoms with Crippen molar-refractivity contribution in [2.45, 2.75) is 25.3 Å². The van der Waals surface area contributed by atoms with Crippen LogP contribution in [0.1, 0.15) is 30.9 Å². The Morgan fingerprint density at radius 1 is 1.19 bits per heavy atom. The molecule has 0 heterocycles. The van der Waals surface area contributed by atoms with Crippen molar-refractivity contribution in [1.29, 1.82) is 0 Å². The molecule has 2 nitrogen and oxygen atoms in total. The monoisotopic (exact) mass is 248 g/mol. The maximum atomic E-state index is 13.4. The van der Waals surface area contributed by atoms with Gasteiger partial charge in [0.1, 0.15) is 11.6 Å². The SMILES string of the molecule is NCCCC[C@@H](N)c1c(F)ccc(F)c1Cl. The zero-order chi connectivity index (χ0) is 12.1. The standard InChI is InChI=1S/C11H15ClF2N2/c12-11-8(14)5-4-7(13)10(11)9(16)3-1-2-6-15/h4-5,9H,1-3,6,15-16H2/t9-/m1/s1. The molecule has 0 saturated heterocycles. The van der Waals surface area contributed by atoms with Gasteiger partial charge >= 0.3 is 0 Å². The van der Waals surface area contributed by atoms with Crippen molar-refractivity contribution in [3.8, 4) is 0 Å². The predicted octanol–water partition coefficient (Wildman–Crippen LogP) is 2.75. The van der Waals surface area contributed by atoms with Gasteiger partial charge in [-0.15, -0.1) is 0 Å². The number of hydrogen-bond donors (Lipinski definition) is 2. The van der Waals surface area contributed by atoms with Crippen molar-refractivity contribution in [3.05, 3.63) is 34.4 Å². The van der Waals surface area contributed by atoms with Crippen LogP contribution in [0, 0.1) is 11.6 Å². The van der Waals surface area contributed by atoms with Gasteiger partial charge in [0.05, 0.1) is 5.02 Å². The van der Waals surface area contributed by atoms with Crippen LogP contribution in [0.4, 0.5) is 8.78 Å². The number of hydrogen-bond acceptors (Lipinski definition) is 2. The van der Waals surface area contributed by atoms with Crippen molar-refractivity contribution in [1.82, 2.24) is 0 Å². The van der Waals surface area contributed by atoms with Crippen LogP contribution >= 0.6 is 11.6 Å². The minimum atomic E-state index is -0.646. The molecule has 0 fully saturated rings. The summed E-state index contributed by atoms with van der Waals surface area (Å²) in [5.74, 6) is -1.21. The Hall–Kier alpha value is -0.710. The fraction of sp³-hybridized carbons (Fsp3) is 0.455. The van der Waals surface area contributed by atoms with Gasteiger partial charge in [0.15, 0.2) is 0 Å². The van der Waals surface area contributed by atoms with E-state index >= 15 is 0 Å². The maximum absolute atomic E-state index is 13.4. The minimum Gasteiger partial charge on any atom is -0.330 e. The third kappa shape index (κ3) is 3.14. The molecule has 1 rings (SSSR count). The first-order valence-corrected chi connectivity index (χ1v) is 5.54. The highest BCUT2D eigenvalue weighted by molar-refractivity contribution is 6.31. The maximum Gasteiger partial charge on any atom is 0.142 e. The van der Waals surface area contributed by atoms with Crippen LogP contribution in [-0.4, -0.2) is 6.54 Å². The summed E-state index contributed by atoms with van der Waals surface area (Å²) < 4.78 is 26.6. The first-order chi connectivity index (χ1) is 7.57. The number of rotatable bonds is 5. The lowest BCUT2D eigenvalue weighted by molar-refractivity contribution is 0.532. The molecule has 4 N–H and O–H groups in total. The lowest BCUT2D eigenvalue weighted by atomic mass is 10.0. The summed E-state index contributed by atoms with van der Waals surface area (Å²) in [5.41, 5.74) is 11.2. The summed E-state index contributed by atoms with van der Waals surface area (Å²) >= 11 is 5.69. The van der Waals surface area contributed by atoms with Gasteiger partial charge in [-0.2, -0.15) is 0 Å². The Morgan fingerprint density at radius 3 is 2.44 bits per heavy atom. The number of benzene rings is 1. The van der Waals surface area contributed by atoms with Crippen molar-refractivity contribution in [3.63, 3.8) is 0 Å². The van der Waals surface area contributed by atoms with Crippen LogP contribution in [0.2, 0.25) is 5.02 Å². The summed E-state index contributed by atoms with van der Waals surface area (Å²) in [6, 6.07) is 1.45. The molecule has 0 saturated carbocycles. The summed E-state index contributed by atoms with van der Waals surface area (Å²) in [7, 11) is 0. The molecular weight excluding hydrogens is 234 g/mol. The van der Waals surface area contributed by atoms with Gasteiger partial charge in [0.2, 0.25) is 0 Å². The quantitative estimate of drug-likeness (QED) is 0.622. The molecule has 1 atom stereocenters. The first kappa shape index (κ1) is 13.4. The third-order valence-electron chi connectivity index (χ3n) is 2.42. The van der Waals surface area contributed by atoms with E-state index in [-0.39, 0.29) is 10.6 Å². The molecule has 90 valence electrons. The van der Waals surface area contributed by atoms with E-state index in [0.717, 1.165) is 25.0 Å². The van der Waals surface area contributed by atoms with Gasteiger partial charge in [-0.25, -0.2) is 8.78 Å². The first-order valence-electron chi connectivity index (χ1n) is 5.17. The fourth-order valence-electron chi connectivity index (χ4n) is 1.54. The Balaban J connectivity index is 2.81. The van der Waals surface area contributed by atoms with E-state index in [4.69, 9.17) is 23.1 Å². The second kappa shape index (κ2) is 6.13. The second-order valence-electron chi connectivity index (χ2n) is 3.65. The predicted molar refractivity (Wildman–Crippen MR) is 61.2 cm³/mol. The van der Waals surface area contributed by atoms with Gasteiger partial charge in [-0.1, -0.05) is 18.0 Å². The van der Waals surface area contributed by atoms with E-state index in [0.29, 0.717) is 13.0 Å². The summed E-state index contributed by atoms with van der Waals surface area (Å²) in [5, 5.41) is -0.222. The average molecular weight is 249 g/mol. The fourth-order valence-corrected chi connectivity index (χ4v) is 1.83. The molecular formula is C11H15ClF2N2. The van der Waals surface area contributed by atoms with Crippen LogP contribution in [0.25, 0.3) is 0 Å². The van der Waals surface area contributed by atoms with Crippen molar-refractivity contribution >= 4 is 11.6 Å². The van der Waals surface area contributed by atoms with Crippen molar-refractivity contribution in [2.75, 3.05) is 6.54 Å². The Morgan fingerprint density at radius 2 is 1.81 bits per heavy atom. The highest BCUT2D eigenvalue weighted by atomic mass is 35.5. The number of unbranched alkanes of at least 4 members (excludes halogenated alkanes) is 1.